The number of benzene rings is 1. The zero-order chi connectivity index (χ0) is 14.0. The minimum absolute atomic E-state index is 0.163. The van der Waals surface area contributed by atoms with Gasteiger partial charge in [-0.2, -0.15) is 0 Å². The van der Waals surface area contributed by atoms with Crippen molar-refractivity contribution in [2.45, 2.75) is 18.4 Å². The van der Waals surface area contributed by atoms with Gasteiger partial charge in [0.1, 0.15) is 10.7 Å². The molecule has 0 bridgehead atoms. The quantitative estimate of drug-likeness (QED) is 0.904. The van der Waals surface area contributed by atoms with Gasteiger partial charge in [-0.25, -0.2) is 17.5 Å². The molecule has 0 atom stereocenters. The molecule has 0 amide bonds. The van der Waals surface area contributed by atoms with E-state index in [0.29, 0.717) is 4.47 Å². The normalized spacial score (nSPS) is 11.7. The molecule has 2 aromatic rings. The van der Waals surface area contributed by atoms with E-state index in [1.54, 1.807) is 0 Å². The van der Waals surface area contributed by atoms with E-state index in [1.807, 2.05) is 19.1 Å². The first-order valence-electron chi connectivity index (χ1n) is 5.38. The average molecular weight is 364 g/mol. The third-order valence-corrected chi connectivity index (χ3v) is 5.34. The van der Waals surface area contributed by atoms with E-state index >= 15 is 0 Å². The van der Waals surface area contributed by atoms with Gasteiger partial charge in [0.05, 0.1) is 0 Å². The predicted molar refractivity (Wildman–Crippen MR) is 77.2 cm³/mol. The van der Waals surface area contributed by atoms with Crippen molar-refractivity contribution in [1.29, 1.82) is 0 Å². The third kappa shape index (κ3) is 3.62. The zero-order valence-corrected chi connectivity index (χ0v) is 13.2. The van der Waals surface area contributed by atoms with Crippen LogP contribution in [0.25, 0.3) is 0 Å². The lowest BCUT2D eigenvalue weighted by molar-refractivity contribution is 0.556. The Hall–Kier alpha value is -0.760. The molecule has 102 valence electrons. The first-order chi connectivity index (χ1) is 8.88. The highest BCUT2D eigenvalue weighted by atomic mass is 79.9. The van der Waals surface area contributed by atoms with Gasteiger partial charge in [0.25, 0.3) is 0 Å². The van der Waals surface area contributed by atoms with Crippen LogP contribution in [0.2, 0.25) is 0 Å². The Balaban J connectivity index is 2.18. The molecule has 0 saturated heterocycles. The number of nitrogens with one attached hydrogen (secondary N) is 1. The van der Waals surface area contributed by atoms with E-state index in [1.165, 1.54) is 23.5 Å². The van der Waals surface area contributed by atoms with Gasteiger partial charge in [0, 0.05) is 20.8 Å². The number of hydrogen-bond acceptors (Lipinski definition) is 3. The second-order valence-corrected chi connectivity index (χ2v) is 7.94. The molecule has 0 radical (unpaired) electrons. The first kappa shape index (κ1) is 14.6. The summed E-state index contributed by atoms with van der Waals surface area (Å²) in [5, 5.41) is 0. The fourth-order valence-electron chi connectivity index (χ4n) is 1.52. The molecular formula is C12H11BrFNO2S2. The molecule has 1 N–H and O–H groups in total. The molecule has 0 aliphatic carbocycles. The molecule has 1 aromatic carbocycles. The molecule has 0 saturated carbocycles. The molecule has 0 aliphatic heterocycles. The van der Waals surface area contributed by atoms with Crippen molar-refractivity contribution in [2.75, 3.05) is 0 Å². The van der Waals surface area contributed by atoms with Gasteiger partial charge in [0.2, 0.25) is 10.0 Å². The number of thiophene rings is 1. The van der Waals surface area contributed by atoms with E-state index in [0.717, 1.165) is 15.8 Å². The predicted octanol–water partition coefficient (Wildman–Crippen LogP) is 3.44. The summed E-state index contributed by atoms with van der Waals surface area (Å²) in [4.78, 5) is 1.64. The Morgan fingerprint density at radius 1 is 1.32 bits per heavy atom. The largest absolute Gasteiger partial charge is 0.243 e. The topological polar surface area (TPSA) is 46.2 Å². The van der Waals surface area contributed by atoms with Gasteiger partial charge in [0.15, 0.2) is 0 Å². The maximum Gasteiger partial charge on any atom is 0.243 e. The Morgan fingerprint density at radius 2 is 2.05 bits per heavy atom. The summed E-state index contributed by atoms with van der Waals surface area (Å²) >= 11 is 4.59. The van der Waals surface area contributed by atoms with Crippen molar-refractivity contribution in [3.8, 4) is 0 Å². The smallest absolute Gasteiger partial charge is 0.207 e. The van der Waals surface area contributed by atoms with Crippen molar-refractivity contribution in [3.63, 3.8) is 0 Å². The second kappa shape index (κ2) is 5.70. The summed E-state index contributed by atoms with van der Waals surface area (Å²) in [6, 6.07) is 7.62. The van der Waals surface area contributed by atoms with Crippen LogP contribution in [0, 0.1) is 12.7 Å². The van der Waals surface area contributed by atoms with E-state index in [-0.39, 0.29) is 11.4 Å². The number of aryl methyl sites for hydroxylation is 1. The third-order valence-electron chi connectivity index (χ3n) is 2.42. The van der Waals surface area contributed by atoms with Crippen molar-refractivity contribution < 1.29 is 12.8 Å². The van der Waals surface area contributed by atoms with Crippen molar-refractivity contribution in [3.05, 3.63) is 50.4 Å². The lowest BCUT2D eigenvalue weighted by Crippen LogP contribution is -2.23. The van der Waals surface area contributed by atoms with Crippen LogP contribution >= 0.6 is 27.3 Å². The van der Waals surface area contributed by atoms with E-state index in [4.69, 9.17) is 0 Å². The molecule has 0 aliphatic rings. The molecule has 1 aromatic heterocycles. The first-order valence-corrected chi connectivity index (χ1v) is 8.48. The van der Waals surface area contributed by atoms with E-state index in [9.17, 15) is 12.8 Å². The maximum absolute atomic E-state index is 13.6. The van der Waals surface area contributed by atoms with Crippen LogP contribution in [0.1, 0.15) is 9.75 Å². The standard InChI is InChI=1S/C12H11BrFNO2S2/c1-8-2-4-10(18-8)7-15-19(16,17)12-5-3-9(13)6-11(12)14/h2-6,15H,7H2,1H3. The zero-order valence-electron chi connectivity index (χ0n) is 9.98. The summed E-state index contributed by atoms with van der Waals surface area (Å²) in [5.41, 5.74) is 0. The van der Waals surface area contributed by atoms with Crippen molar-refractivity contribution in [2.24, 2.45) is 0 Å². The molecule has 0 fully saturated rings. The minimum atomic E-state index is -3.84. The van der Waals surface area contributed by atoms with Crippen LogP contribution in [0.3, 0.4) is 0 Å². The fraction of sp³-hybridized carbons (Fsp3) is 0.167. The highest BCUT2D eigenvalue weighted by Crippen LogP contribution is 2.20. The maximum atomic E-state index is 13.6. The monoisotopic (exact) mass is 363 g/mol. The highest BCUT2D eigenvalue weighted by molar-refractivity contribution is 9.10. The Kier molecular flexibility index (Phi) is 4.39. The number of hydrogen-bond donors (Lipinski definition) is 1. The van der Waals surface area contributed by atoms with Gasteiger partial charge >= 0.3 is 0 Å². The average Bonchev–Trinajstić information content (AvgIpc) is 2.72. The Morgan fingerprint density at radius 3 is 2.63 bits per heavy atom. The van der Waals surface area contributed by atoms with Crippen LogP contribution in [0.4, 0.5) is 4.39 Å². The molecular weight excluding hydrogens is 353 g/mol. The number of halogens is 2. The van der Waals surface area contributed by atoms with Gasteiger partial charge in [-0.15, -0.1) is 11.3 Å². The molecule has 0 spiro atoms. The summed E-state index contributed by atoms with van der Waals surface area (Å²) in [7, 11) is -3.84. The van der Waals surface area contributed by atoms with Crippen molar-refractivity contribution in [1.82, 2.24) is 4.72 Å². The van der Waals surface area contributed by atoms with Crippen LogP contribution in [-0.2, 0) is 16.6 Å². The molecule has 1 heterocycles. The van der Waals surface area contributed by atoms with Crippen LogP contribution < -0.4 is 4.72 Å². The molecule has 0 unspecified atom stereocenters. The fourth-order valence-corrected chi connectivity index (χ4v) is 3.84. The molecule has 3 nitrogen and oxygen atoms in total. The number of sulfonamides is 1. The van der Waals surface area contributed by atoms with Gasteiger partial charge in [-0.1, -0.05) is 15.9 Å². The molecule has 19 heavy (non-hydrogen) atoms. The lowest BCUT2D eigenvalue weighted by atomic mass is 10.3. The Labute approximate surface area is 123 Å². The summed E-state index contributed by atoms with van der Waals surface area (Å²) in [5.74, 6) is -0.774. The van der Waals surface area contributed by atoms with Gasteiger partial charge in [-0.05, 0) is 37.3 Å². The van der Waals surface area contributed by atoms with Gasteiger partial charge in [-0.3, -0.25) is 0 Å². The highest BCUT2D eigenvalue weighted by Gasteiger charge is 2.19. The van der Waals surface area contributed by atoms with E-state index < -0.39 is 15.8 Å². The van der Waals surface area contributed by atoms with Gasteiger partial charge < -0.3 is 0 Å². The second-order valence-electron chi connectivity index (χ2n) is 3.91. The van der Waals surface area contributed by atoms with E-state index in [2.05, 4.69) is 20.7 Å². The molecule has 2 rings (SSSR count). The Bertz CT molecular complexity index is 698. The molecule has 7 heteroatoms. The lowest BCUT2D eigenvalue weighted by Gasteiger charge is -2.07. The minimum Gasteiger partial charge on any atom is -0.207 e. The van der Waals surface area contributed by atoms with Crippen LogP contribution in [0.15, 0.2) is 39.7 Å². The SMILES string of the molecule is Cc1ccc(CNS(=O)(=O)c2ccc(Br)cc2F)s1. The van der Waals surface area contributed by atoms with Crippen LogP contribution in [0.5, 0.6) is 0 Å². The number of rotatable bonds is 4. The van der Waals surface area contributed by atoms with Crippen molar-refractivity contribution >= 4 is 37.3 Å². The summed E-state index contributed by atoms with van der Waals surface area (Å²) < 4.78 is 40.5. The summed E-state index contributed by atoms with van der Waals surface area (Å²) in [6.45, 7) is 2.10. The van der Waals surface area contributed by atoms with Crippen LogP contribution in [-0.4, -0.2) is 8.42 Å². The summed E-state index contributed by atoms with van der Waals surface area (Å²) in [6.07, 6.45) is 0.